The summed E-state index contributed by atoms with van der Waals surface area (Å²) in [5, 5.41) is 15.5. The standard InChI is InChI=1S/C13H19NO4S2/c1-13(2,3)18-12(17)14-10(11(15)16)8-20-7-9-4-5-19-6-9/h4-6,10H,7-8H2,1-3H3,(H,14,17)(H,15,16). The highest BCUT2D eigenvalue weighted by atomic mass is 32.2. The van der Waals surface area contributed by atoms with E-state index < -0.39 is 23.7 Å². The van der Waals surface area contributed by atoms with Crippen LogP contribution in [0.1, 0.15) is 26.3 Å². The van der Waals surface area contributed by atoms with Gasteiger partial charge >= 0.3 is 12.1 Å². The fraction of sp³-hybridized carbons (Fsp3) is 0.538. The average Bonchev–Trinajstić information content (AvgIpc) is 2.77. The molecule has 0 aliphatic heterocycles. The molecule has 0 fully saturated rings. The van der Waals surface area contributed by atoms with Gasteiger partial charge in [-0.1, -0.05) is 0 Å². The molecular weight excluding hydrogens is 298 g/mol. The molecule has 0 saturated heterocycles. The molecule has 5 nitrogen and oxygen atoms in total. The lowest BCUT2D eigenvalue weighted by atomic mass is 10.2. The highest BCUT2D eigenvalue weighted by Gasteiger charge is 2.23. The largest absolute Gasteiger partial charge is 0.480 e. The Kier molecular flexibility index (Phi) is 6.35. The first-order chi connectivity index (χ1) is 9.28. The number of thiophene rings is 1. The molecule has 1 unspecified atom stereocenters. The van der Waals surface area contributed by atoms with E-state index in [2.05, 4.69) is 5.32 Å². The van der Waals surface area contributed by atoms with Crippen LogP contribution in [0.15, 0.2) is 16.8 Å². The van der Waals surface area contributed by atoms with Gasteiger partial charge in [-0.3, -0.25) is 0 Å². The first-order valence-corrected chi connectivity index (χ1v) is 8.19. The highest BCUT2D eigenvalue weighted by Crippen LogP contribution is 2.16. The maximum Gasteiger partial charge on any atom is 0.408 e. The molecule has 1 heterocycles. The first-order valence-electron chi connectivity index (χ1n) is 6.09. The molecule has 1 aromatic rings. The van der Waals surface area contributed by atoms with Crippen LogP contribution in [0.5, 0.6) is 0 Å². The summed E-state index contributed by atoms with van der Waals surface area (Å²) < 4.78 is 5.05. The van der Waals surface area contributed by atoms with Gasteiger partial charge in [0.25, 0.3) is 0 Å². The Labute approximate surface area is 126 Å². The van der Waals surface area contributed by atoms with Gasteiger partial charge in [-0.15, -0.1) is 0 Å². The van der Waals surface area contributed by atoms with Gasteiger partial charge in [0.15, 0.2) is 0 Å². The Hall–Kier alpha value is -1.21. The van der Waals surface area contributed by atoms with Crippen LogP contribution in [0.2, 0.25) is 0 Å². The molecule has 0 aliphatic rings. The maximum atomic E-state index is 11.6. The first kappa shape index (κ1) is 16.8. The molecule has 1 atom stereocenters. The highest BCUT2D eigenvalue weighted by molar-refractivity contribution is 7.98. The monoisotopic (exact) mass is 317 g/mol. The van der Waals surface area contributed by atoms with Crippen LogP contribution in [0.3, 0.4) is 0 Å². The summed E-state index contributed by atoms with van der Waals surface area (Å²) >= 11 is 3.07. The molecule has 2 N–H and O–H groups in total. The molecule has 1 amide bonds. The fourth-order valence-corrected chi connectivity index (χ4v) is 3.06. The number of thioether (sulfide) groups is 1. The van der Waals surface area contributed by atoms with Crippen molar-refractivity contribution in [3.05, 3.63) is 22.4 Å². The van der Waals surface area contributed by atoms with Gasteiger partial charge in [-0.05, 0) is 43.2 Å². The number of rotatable bonds is 6. The molecule has 20 heavy (non-hydrogen) atoms. The number of nitrogens with one attached hydrogen (secondary N) is 1. The third-order valence-electron chi connectivity index (χ3n) is 2.12. The van der Waals surface area contributed by atoms with Crippen LogP contribution in [0.25, 0.3) is 0 Å². The lowest BCUT2D eigenvalue weighted by Crippen LogP contribution is -2.44. The van der Waals surface area contributed by atoms with E-state index in [-0.39, 0.29) is 0 Å². The van der Waals surface area contributed by atoms with E-state index in [0.29, 0.717) is 5.75 Å². The number of hydrogen-bond acceptors (Lipinski definition) is 5. The van der Waals surface area contributed by atoms with Crippen molar-refractivity contribution in [1.82, 2.24) is 5.32 Å². The second-order valence-corrected chi connectivity index (χ2v) is 6.99. The molecule has 0 spiro atoms. The predicted molar refractivity (Wildman–Crippen MR) is 81.3 cm³/mol. The van der Waals surface area contributed by atoms with Gasteiger partial charge in [0.05, 0.1) is 0 Å². The summed E-state index contributed by atoms with van der Waals surface area (Å²) in [5.74, 6) is -0.0399. The summed E-state index contributed by atoms with van der Waals surface area (Å²) in [7, 11) is 0. The van der Waals surface area contributed by atoms with Crippen LogP contribution in [-0.4, -0.2) is 34.6 Å². The van der Waals surface area contributed by atoms with E-state index in [1.165, 1.54) is 11.8 Å². The summed E-state index contributed by atoms with van der Waals surface area (Å²) in [6, 6.07) is 1.04. The molecule has 1 aromatic heterocycles. The van der Waals surface area contributed by atoms with Crippen molar-refractivity contribution in [2.75, 3.05) is 5.75 Å². The van der Waals surface area contributed by atoms with Gasteiger partial charge < -0.3 is 15.2 Å². The van der Waals surface area contributed by atoms with Crippen LogP contribution < -0.4 is 5.32 Å². The minimum atomic E-state index is -1.06. The topological polar surface area (TPSA) is 75.6 Å². The van der Waals surface area contributed by atoms with Gasteiger partial charge in [0, 0.05) is 11.5 Å². The summed E-state index contributed by atoms with van der Waals surface area (Å²) in [4.78, 5) is 22.7. The van der Waals surface area contributed by atoms with E-state index in [9.17, 15) is 9.59 Å². The number of alkyl carbamates (subject to hydrolysis) is 1. The Morgan fingerprint density at radius 1 is 1.50 bits per heavy atom. The van der Waals surface area contributed by atoms with Crippen LogP contribution in [0.4, 0.5) is 4.79 Å². The van der Waals surface area contributed by atoms with Crippen molar-refractivity contribution in [2.45, 2.75) is 38.2 Å². The Morgan fingerprint density at radius 2 is 2.20 bits per heavy atom. The van der Waals surface area contributed by atoms with Gasteiger partial charge in [-0.25, -0.2) is 9.59 Å². The van der Waals surface area contributed by atoms with Crippen molar-refractivity contribution in [1.29, 1.82) is 0 Å². The van der Waals surface area contributed by atoms with Gasteiger partial charge in [0.1, 0.15) is 11.6 Å². The summed E-state index contributed by atoms with van der Waals surface area (Å²) in [5.41, 5.74) is 0.512. The SMILES string of the molecule is CC(C)(C)OC(=O)NC(CSCc1ccsc1)C(=O)O. The summed E-state index contributed by atoms with van der Waals surface area (Å²) in [6.07, 6.45) is -0.707. The zero-order valence-electron chi connectivity index (χ0n) is 11.7. The van der Waals surface area contributed by atoms with E-state index in [1.54, 1.807) is 32.1 Å². The van der Waals surface area contributed by atoms with Crippen molar-refractivity contribution in [2.24, 2.45) is 0 Å². The quantitative estimate of drug-likeness (QED) is 0.843. The van der Waals surface area contributed by atoms with Crippen molar-refractivity contribution in [3.63, 3.8) is 0 Å². The lowest BCUT2D eigenvalue weighted by molar-refractivity contribution is -0.138. The minimum Gasteiger partial charge on any atom is -0.480 e. The second-order valence-electron chi connectivity index (χ2n) is 5.18. The molecular formula is C13H19NO4S2. The number of amides is 1. The normalized spacial score (nSPS) is 12.8. The fourth-order valence-electron chi connectivity index (χ4n) is 1.29. The van der Waals surface area contributed by atoms with E-state index in [4.69, 9.17) is 9.84 Å². The number of aliphatic carboxylic acids is 1. The number of ether oxygens (including phenoxy) is 1. The molecule has 0 aromatic carbocycles. The molecule has 112 valence electrons. The zero-order valence-corrected chi connectivity index (χ0v) is 13.3. The predicted octanol–water partition coefficient (Wildman–Crippen LogP) is 2.96. The molecule has 1 rings (SSSR count). The third-order valence-corrected chi connectivity index (χ3v) is 3.96. The van der Waals surface area contributed by atoms with Crippen LogP contribution in [-0.2, 0) is 15.3 Å². The zero-order chi connectivity index (χ0) is 15.2. The van der Waals surface area contributed by atoms with Crippen molar-refractivity contribution >= 4 is 35.2 Å². The molecule has 0 saturated carbocycles. The third kappa shape index (κ3) is 6.81. The minimum absolute atomic E-state index is 0.296. The van der Waals surface area contributed by atoms with E-state index in [1.807, 2.05) is 16.8 Å². The summed E-state index contributed by atoms with van der Waals surface area (Å²) in [6.45, 7) is 5.19. The Bertz CT molecular complexity index is 440. The maximum absolute atomic E-state index is 11.6. The lowest BCUT2D eigenvalue weighted by Gasteiger charge is -2.21. The average molecular weight is 317 g/mol. The van der Waals surface area contributed by atoms with E-state index >= 15 is 0 Å². The van der Waals surface area contributed by atoms with Crippen molar-refractivity contribution in [3.8, 4) is 0 Å². The Balaban J connectivity index is 2.40. The van der Waals surface area contributed by atoms with Gasteiger partial charge in [0.2, 0.25) is 0 Å². The van der Waals surface area contributed by atoms with Gasteiger partial charge in [-0.2, -0.15) is 23.1 Å². The van der Waals surface area contributed by atoms with E-state index in [0.717, 1.165) is 11.3 Å². The van der Waals surface area contributed by atoms with Crippen LogP contribution >= 0.6 is 23.1 Å². The molecule has 0 radical (unpaired) electrons. The molecule has 0 aliphatic carbocycles. The van der Waals surface area contributed by atoms with Crippen LogP contribution in [0, 0.1) is 0 Å². The van der Waals surface area contributed by atoms with Crippen molar-refractivity contribution < 1.29 is 19.4 Å². The number of hydrogen-bond donors (Lipinski definition) is 2. The number of carbonyl (C=O) groups excluding carboxylic acids is 1. The number of carboxylic acids is 1. The number of carboxylic acid groups (broad SMARTS) is 1. The molecule has 0 bridgehead atoms. The molecule has 7 heteroatoms. The number of carbonyl (C=O) groups is 2. The Morgan fingerprint density at radius 3 is 2.70 bits per heavy atom. The smallest absolute Gasteiger partial charge is 0.408 e. The second kappa shape index (κ2) is 7.54.